The van der Waals surface area contributed by atoms with Gasteiger partial charge in [-0.2, -0.15) is 0 Å². The number of hydrogen-bond acceptors (Lipinski definition) is 3. The van der Waals surface area contributed by atoms with E-state index in [0.29, 0.717) is 0 Å². The summed E-state index contributed by atoms with van der Waals surface area (Å²) < 4.78 is 0. The van der Waals surface area contributed by atoms with Gasteiger partial charge in [-0.25, -0.2) is 0 Å². The maximum atomic E-state index is 9.13. The van der Waals surface area contributed by atoms with Crippen LogP contribution in [-0.2, 0) is 4.79 Å². The van der Waals surface area contributed by atoms with Crippen molar-refractivity contribution in [3.63, 3.8) is 0 Å². The Morgan fingerprint density at radius 2 is 1.62 bits per heavy atom. The molecule has 0 aromatic carbocycles. The van der Waals surface area contributed by atoms with Gasteiger partial charge >= 0.3 is 59.1 Å². The van der Waals surface area contributed by atoms with Crippen molar-refractivity contribution in [2.24, 2.45) is 5.73 Å². The van der Waals surface area contributed by atoms with Gasteiger partial charge in [0.2, 0.25) is 0 Å². The molecule has 0 amide bonds. The van der Waals surface area contributed by atoms with Crippen molar-refractivity contribution in [3.8, 4) is 0 Å². The molecule has 0 aromatic rings. The van der Waals surface area contributed by atoms with Crippen LogP contribution in [0.4, 0.5) is 0 Å². The molecule has 0 radical (unpaired) electrons. The normalized spacial score (nSPS) is 4.62. The monoisotopic (exact) mass is 155 g/mol. The van der Waals surface area contributed by atoms with E-state index < -0.39 is 5.97 Å². The van der Waals surface area contributed by atoms with Crippen molar-refractivity contribution in [1.29, 1.82) is 0 Å². The fourth-order valence-electron chi connectivity index (χ4n) is 0. The van der Waals surface area contributed by atoms with Crippen LogP contribution in [0.25, 0.3) is 0 Å². The summed E-state index contributed by atoms with van der Waals surface area (Å²) in [5, 5.41) is 9.13. The van der Waals surface area contributed by atoms with Gasteiger partial charge in [-0.1, -0.05) is 0 Å². The molecule has 0 saturated heterocycles. The molecule has 0 aliphatic rings. The number of carboxylic acids is 1. The first-order valence-corrected chi connectivity index (χ1v) is 1.17. The van der Waals surface area contributed by atoms with Gasteiger partial charge in [0.1, 0.15) is 0 Å². The number of carbonyl (C=O) groups is 1. The number of carboxylic acid groups (broad SMARTS) is 1. The summed E-state index contributed by atoms with van der Waals surface area (Å²) in [6, 6.07) is 0. The van der Waals surface area contributed by atoms with E-state index in [4.69, 9.17) is 9.90 Å². The Hall–Kier alpha value is 1.72. The molecule has 0 aliphatic carbocycles. The van der Waals surface area contributed by atoms with E-state index in [1.54, 1.807) is 0 Å². The molecule has 6 heteroatoms. The van der Waals surface area contributed by atoms with Gasteiger partial charge in [-0.15, -0.1) is 0 Å². The molecular formula is C2H4ClNNa2O2. The molecule has 0 saturated carbocycles. The van der Waals surface area contributed by atoms with E-state index in [1.165, 1.54) is 0 Å². The van der Waals surface area contributed by atoms with E-state index in [2.05, 4.69) is 5.73 Å². The van der Waals surface area contributed by atoms with Gasteiger partial charge in [-0.05, 0) is 0 Å². The van der Waals surface area contributed by atoms with E-state index in [1.807, 2.05) is 0 Å². The number of halogens is 1. The number of nitrogens with two attached hydrogens (primary N) is 1. The number of aliphatic carboxylic acids is 1. The van der Waals surface area contributed by atoms with Crippen molar-refractivity contribution >= 4 is 5.97 Å². The zero-order chi connectivity index (χ0) is 4.28. The number of hydrogen-bond donors (Lipinski definition) is 1. The van der Waals surface area contributed by atoms with Crippen LogP contribution in [0.15, 0.2) is 0 Å². The predicted octanol–water partition coefficient (Wildman–Crippen LogP) is -11.3. The van der Waals surface area contributed by atoms with Crippen LogP contribution in [0.2, 0.25) is 0 Å². The third kappa shape index (κ3) is 25.2. The summed E-state index contributed by atoms with van der Waals surface area (Å²) in [5.74, 6) is -1.22. The topological polar surface area (TPSA) is 66.2 Å². The Balaban J connectivity index is -0.0000000267. The summed E-state index contributed by atoms with van der Waals surface area (Å²) in [7, 11) is 0. The van der Waals surface area contributed by atoms with Crippen molar-refractivity contribution in [1.82, 2.24) is 0 Å². The average Bonchev–Trinajstić information content (AvgIpc) is 1.38. The maximum Gasteiger partial charge on any atom is 1.00 e. The molecule has 3 nitrogen and oxygen atoms in total. The molecule has 8 heavy (non-hydrogen) atoms. The van der Waals surface area contributed by atoms with Crippen LogP contribution in [0.1, 0.15) is 0 Å². The van der Waals surface area contributed by atoms with E-state index in [0.717, 1.165) is 0 Å². The minimum Gasteiger partial charge on any atom is -1.00 e. The maximum absolute atomic E-state index is 9.13. The van der Waals surface area contributed by atoms with Gasteiger partial charge in [0.05, 0.1) is 5.97 Å². The second kappa shape index (κ2) is 15.9. The Bertz CT molecular complexity index is 53.3. The Morgan fingerprint density at radius 3 is 1.62 bits per heavy atom. The molecule has 0 heterocycles. The third-order valence-corrected chi connectivity index (χ3v) is 0.167. The van der Waals surface area contributed by atoms with Gasteiger partial charge in [0, 0.05) is 6.54 Å². The molecule has 2 N–H and O–H groups in total. The molecule has 0 fully saturated rings. The van der Waals surface area contributed by atoms with Crippen molar-refractivity contribution < 1.29 is 81.4 Å². The zero-order valence-electron chi connectivity index (χ0n) is 4.98. The van der Waals surface area contributed by atoms with Crippen molar-refractivity contribution in [3.05, 3.63) is 0 Å². The van der Waals surface area contributed by atoms with E-state index in [-0.39, 0.29) is 78.1 Å². The molecule has 0 unspecified atom stereocenters. The van der Waals surface area contributed by atoms with Crippen LogP contribution < -0.4 is 82.4 Å². The number of rotatable bonds is 1. The van der Waals surface area contributed by atoms with Crippen molar-refractivity contribution in [2.75, 3.05) is 6.54 Å². The first kappa shape index (κ1) is 22.6. The van der Waals surface area contributed by atoms with Gasteiger partial charge in [0.15, 0.2) is 0 Å². The SMILES string of the molecule is NCC(=O)[O-].[Cl-].[Na+].[Na+]. The second-order valence-electron chi connectivity index (χ2n) is 0.576. The molecular weight excluding hydrogens is 151 g/mol. The quantitative estimate of drug-likeness (QED) is 0.383. The molecule has 0 spiro atoms. The summed E-state index contributed by atoms with van der Waals surface area (Å²) in [4.78, 5) is 9.13. The third-order valence-electron chi connectivity index (χ3n) is 0.167. The second-order valence-corrected chi connectivity index (χ2v) is 0.576. The first-order valence-electron chi connectivity index (χ1n) is 1.17. The van der Waals surface area contributed by atoms with E-state index in [9.17, 15) is 0 Å². The summed E-state index contributed by atoms with van der Waals surface area (Å²) in [6.07, 6.45) is 0. The summed E-state index contributed by atoms with van der Waals surface area (Å²) in [6.45, 7) is -0.389. The fourth-order valence-corrected chi connectivity index (χ4v) is 0. The Labute approximate surface area is 98.4 Å². The molecule has 0 aliphatic heterocycles. The first-order chi connectivity index (χ1) is 2.27. The van der Waals surface area contributed by atoms with E-state index >= 15 is 0 Å². The Kier molecular flexibility index (Phi) is 44.9. The smallest absolute Gasteiger partial charge is 1.00 e. The molecule has 0 bridgehead atoms. The summed E-state index contributed by atoms with van der Waals surface area (Å²) >= 11 is 0. The fraction of sp³-hybridized carbons (Fsp3) is 0.500. The minimum absolute atomic E-state index is 0. The summed E-state index contributed by atoms with van der Waals surface area (Å²) in [5.41, 5.74) is 4.51. The molecule has 0 atom stereocenters. The van der Waals surface area contributed by atoms with Crippen LogP contribution >= 0.6 is 0 Å². The van der Waals surface area contributed by atoms with Crippen molar-refractivity contribution in [2.45, 2.75) is 0 Å². The van der Waals surface area contributed by atoms with Gasteiger partial charge < -0.3 is 28.0 Å². The van der Waals surface area contributed by atoms with Gasteiger partial charge in [-0.3, -0.25) is 0 Å². The minimum atomic E-state index is -1.22. The molecule has 38 valence electrons. The molecule has 0 rings (SSSR count). The number of carbonyl (C=O) groups excluding carboxylic acids is 1. The standard InChI is InChI=1S/C2H5NO2.ClH.2Na/c3-1-2(4)5;;;/h1,3H2,(H,4,5);1H;;/q;;2*+1/p-2. The van der Waals surface area contributed by atoms with Crippen LogP contribution in [0.5, 0.6) is 0 Å². The van der Waals surface area contributed by atoms with Gasteiger partial charge in [0.25, 0.3) is 0 Å². The zero-order valence-corrected chi connectivity index (χ0v) is 9.73. The van der Waals surface area contributed by atoms with Crippen LogP contribution in [0.3, 0.4) is 0 Å². The molecule has 0 aromatic heterocycles. The largest absolute Gasteiger partial charge is 1.00 e. The predicted molar refractivity (Wildman–Crippen MR) is 14.1 cm³/mol. The Morgan fingerprint density at radius 1 is 1.50 bits per heavy atom. The average molecular weight is 155 g/mol. The van der Waals surface area contributed by atoms with Crippen LogP contribution in [-0.4, -0.2) is 12.5 Å². The van der Waals surface area contributed by atoms with Crippen LogP contribution in [0, 0.1) is 0 Å².